The third-order valence-electron chi connectivity index (χ3n) is 2.94. The van der Waals surface area contributed by atoms with Crippen LogP contribution >= 0.6 is 0 Å². The summed E-state index contributed by atoms with van der Waals surface area (Å²) in [5.41, 5.74) is 0.940. The molecule has 0 radical (unpaired) electrons. The largest absolute Gasteiger partial charge is 0.497 e. The maximum Gasteiger partial charge on any atom is 0.239 e. The summed E-state index contributed by atoms with van der Waals surface area (Å²) < 4.78 is 9.94. The monoisotopic (exact) mass is 294 g/mol. The van der Waals surface area contributed by atoms with E-state index in [9.17, 15) is 9.59 Å². The van der Waals surface area contributed by atoms with Crippen molar-refractivity contribution in [2.75, 3.05) is 33.9 Å². The minimum Gasteiger partial charge on any atom is -0.497 e. The van der Waals surface area contributed by atoms with Crippen LogP contribution in [0.15, 0.2) is 24.3 Å². The smallest absolute Gasteiger partial charge is 0.239 e. The van der Waals surface area contributed by atoms with Crippen molar-refractivity contribution in [2.45, 2.75) is 13.5 Å². The Labute approximate surface area is 125 Å². The highest BCUT2D eigenvalue weighted by Gasteiger charge is 2.13. The molecule has 1 rings (SSSR count). The first kappa shape index (κ1) is 17.0. The number of rotatable bonds is 8. The number of hydrogen-bond acceptors (Lipinski definition) is 4. The lowest BCUT2D eigenvalue weighted by atomic mass is 10.2. The molecule has 0 aliphatic rings. The van der Waals surface area contributed by atoms with Crippen LogP contribution < -0.4 is 10.1 Å². The van der Waals surface area contributed by atoms with Crippen LogP contribution in [-0.2, 0) is 20.9 Å². The number of ether oxygens (including phenoxy) is 2. The molecular weight excluding hydrogens is 272 g/mol. The van der Waals surface area contributed by atoms with E-state index in [4.69, 9.17) is 9.47 Å². The van der Waals surface area contributed by atoms with Crippen molar-refractivity contribution < 1.29 is 19.1 Å². The Morgan fingerprint density at radius 1 is 1.19 bits per heavy atom. The normalized spacial score (nSPS) is 10.0. The van der Waals surface area contributed by atoms with Crippen LogP contribution in [0.25, 0.3) is 0 Å². The topological polar surface area (TPSA) is 67.9 Å². The standard InChI is InChI=1S/C15H22N2O4/c1-12(18)17(11-15(19)16-8-9-20-2)10-13-4-6-14(21-3)7-5-13/h4-7H,8-11H2,1-3H3,(H,16,19). The quantitative estimate of drug-likeness (QED) is 0.720. The first-order chi connectivity index (χ1) is 10.1. The second kappa shape index (κ2) is 8.97. The highest BCUT2D eigenvalue weighted by molar-refractivity contribution is 5.83. The van der Waals surface area contributed by atoms with Crippen molar-refractivity contribution in [3.8, 4) is 5.75 Å². The number of carbonyl (C=O) groups excluding carboxylic acids is 2. The molecule has 6 nitrogen and oxygen atoms in total. The summed E-state index contributed by atoms with van der Waals surface area (Å²) in [7, 11) is 3.17. The third kappa shape index (κ3) is 6.27. The van der Waals surface area contributed by atoms with Gasteiger partial charge in [-0.05, 0) is 17.7 Å². The maximum atomic E-state index is 11.7. The number of nitrogens with one attached hydrogen (secondary N) is 1. The lowest BCUT2D eigenvalue weighted by Crippen LogP contribution is -2.40. The fourth-order valence-electron chi connectivity index (χ4n) is 1.75. The number of benzene rings is 1. The molecule has 1 aromatic rings. The molecule has 116 valence electrons. The van der Waals surface area contributed by atoms with E-state index in [2.05, 4.69) is 5.32 Å². The molecule has 1 N–H and O–H groups in total. The molecule has 0 unspecified atom stereocenters. The molecule has 0 saturated heterocycles. The van der Waals surface area contributed by atoms with E-state index in [1.807, 2.05) is 24.3 Å². The summed E-state index contributed by atoms with van der Waals surface area (Å²) in [6, 6.07) is 7.40. The van der Waals surface area contributed by atoms with Crippen LogP contribution in [0.4, 0.5) is 0 Å². The number of methoxy groups -OCH3 is 2. The zero-order valence-corrected chi connectivity index (χ0v) is 12.7. The zero-order chi connectivity index (χ0) is 15.7. The Bertz CT molecular complexity index is 459. The molecule has 0 heterocycles. The van der Waals surface area contributed by atoms with Crippen LogP contribution in [0.1, 0.15) is 12.5 Å². The van der Waals surface area contributed by atoms with Gasteiger partial charge >= 0.3 is 0 Å². The van der Waals surface area contributed by atoms with Gasteiger partial charge in [-0.1, -0.05) is 12.1 Å². The minimum absolute atomic E-state index is 0.0328. The molecule has 0 aliphatic heterocycles. The van der Waals surface area contributed by atoms with E-state index < -0.39 is 0 Å². The average molecular weight is 294 g/mol. The van der Waals surface area contributed by atoms with E-state index in [1.54, 1.807) is 14.2 Å². The second-order valence-corrected chi connectivity index (χ2v) is 4.57. The van der Waals surface area contributed by atoms with Crippen LogP contribution in [0.3, 0.4) is 0 Å². The fourth-order valence-corrected chi connectivity index (χ4v) is 1.75. The Kier molecular flexibility index (Phi) is 7.25. The summed E-state index contributed by atoms with van der Waals surface area (Å²) in [4.78, 5) is 24.9. The number of amides is 2. The van der Waals surface area contributed by atoms with Gasteiger partial charge in [0.05, 0.1) is 20.3 Å². The lowest BCUT2D eigenvalue weighted by Gasteiger charge is -2.20. The zero-order valence-electron chi connectivity index (χ0n) is 12.7. The van der Waals surface area contributed by atoms with Crippen molar-refractivity contribution in [1.82, 2.24) is 10.2 Å². The first-order valence-corrected chi connectivity index (χ1v) is 6.71. The summed E-state index contributed by atoms with van der Waals surface area (Å²) in [6.45, 7) is 2.75. The Morgan fingerprint density at radius 2 is 1.86 bits per heavy atom. The van der Waals surface area contributed by atoms with Gasteiger partial charge in [0.1, 0.15) is 5.75 Å². The van der Waals surface area contributed by atoms with Crippen molar-refractivity contribution in [3.63, 3.8) is 0 Å². The van der Waals surface area contributed by atoms with Gasteiger partial charge in [0, 0.05) is 27.1 Å². The number of carbonyl (C=O) groups is 2. The van der Waals surface area contributed by atoms with E-state index in [0.29, 0.717) is 19.7 Å². The molecule has 0 bridgehead atoms. The van der Waals surface area contributed by atoms with E-state index in [0.717, 1.165) is 11.3 Å². The summed E-state index contributed by atoms with van der Waals surface area (Å²) in [5, 5.41) is 2.70. The Balaban J connectivity index is 2.56. The summed E-state index contributed by atoms with van der Waals surface area (Å²) in [6.07, 6.45) is 0. The Hall–Kier alpha value is -2.08. The van der Waals surface area contributed by atoms with Crippen molar-refractivity contribution in [2.24, 2.45) is 0 Å². The molecule has 1 aromatic carbocycles. The highest BCUT2D eigenvalue weighted by atomic mass is 16.5. The van der Waals surface area contributed by atoms with Gasteiger partial charge in [-0.3, -0.25) is 9.59 Å². The highest BCUT2D eigenvalue weighted by Crippen LogP contribution is 2.13. The predicted octanol–water partition coefficient (Wildman–Crippen LogP) is 0.806. The van der Waals surface area contributed by atoms with Gasteiger partial charge in [0.2, 0.25) is 11.8 Å². The minimum atomic E-state index is -0.198. The van der Waals surface area contributed by atoms with Gasteiger partial charge in [0.15, 0.2) is 0 Å². The van der Waals surface area contributed by atoms with Crippen molar-refractivity contribution >= 4 is 11.8 Å². The van der Waals surface area contributed by atoms with Crippen LogP contribution in [0.5, 0.6) is 5.75 Å². The fraction of sp³-hybridized carbons (Fsp3) is 0.467. The maximum absolute atomic E-state index is 11.7. The lowest BCUT2D eigenvalue weighted by molar-refractivity contribution is -0.135. The molecule has 0 fully saturated rings. The Morgan fingerprint density at radius 3 is 2.38 bits per heavy atom. The molecule has 2 amide bonds. The summed E-state index contributed by atoms with van der Waals surface area (Å²) in [5.74, 6) is 0.411. The molecule has 21 heavy (non-hydrogen) atoms. The number of nitrogens with zero attached hydrogens (tertiary/aromatic N) is 1. The first-order valence-electron chi connectivity index (χ1n) is 6.71. The van der Waals surface area contributed by atoms with Gasteiger partial charge < -0.3 is 19.7 Å². The molecule has 0 spiro atoms. The van der Waals surface area contributed by atoms with E-state index in [-0.39, 0.29) is 18.4 Å². The van der Waals surface area contributed by atoms with Crippen molar-refractivity contribution in [1.29, 1.82) is 0 Å². The van der Waals surface area contributed by atoms with Gasteiger partial charge in [0.25, 0.3) is 0 Å². The van der Waals surface area contributed by atoms with Crippen LogP contribution in [0, 0.1) is 0 Å². The van der Waals surface area contributed by atoms with E-state index >= 15 is 0 Å². The van der Waals surface area contributed by atoms with Crippen molar-refractivity contribution in [3.05, 3.63) is 29.8 Å². The summed E-state index contributed by atoms with van der Waals surface area (Å²) >= 11 is 0. The predicted molar refractivity (Wildman–Crippen MR) is 79.0 cm³/mol. The second-order valence-electron chi connectivity index (χ2n) is 4.57. The number of hydrogen-bond donors (Lipinski definition) is 1. The van der Waals surface area contributed by atoms with Gasteiger partial charge in [-0.15, -0.1) is 0 Å². The van der Waals surface area contributed by atoms with Gasteiger partial charge in [-0.25, -0.2) is 0 Å². The molecular formula is C15H22N2O4. The SMILES string of the molecule is COCCNC(=O)CN(Cc1ccc(OC)cc1)C(C)=O. The van der Waals surface area contributed by atoms with Crippen LogP contribution in [0.2, 0.25) is 0 Å². The average Bonchev–Trinajstić information content (AvgIpc) is 2.47. The van der Waals surface area contributed by atoms with Gasteiger partial charge in [-0.2, -0.15) is 0 Å². The molecule has 0 atom stereocenters. The molecule has 0 aliphatic carbocycles. The third-order valence-corrected chi connectivity index (χ3v) is 2.94. The molecule has 6 heteroatoms. The molecule has 0 saturated carbocycles. The molecule has 0 aromatic heterocycles. The van der Waals surface area contributed by atoms with Crippen LogP contribution in [-0.4, -0.2) is 50.6 Å². The van der Waals surface area contributed by atoms with E-state index in [1.165, 1.54) is 11.8 Å².